The largest absolute Gasteiger partial charge is 0.325 e. The van der Waals surface area contributed by atoms with E-state index < -0.39 is 15.8 Å². The van der Waals surface area contributed by atoms with Gasteiger partial charge in [0.05, 0.1) is 11.4 Å². The molecular weight excluding hydrogens is 401 g/mol. The first-order chi connectivity index (χ1) is 13.3. The summed E-state index contributed by atoms with van der Waals surface area (Å²) in [7, 11) is -3.82. The highest BCUT2D eigenvalue weighted by Gasteiger charge is 2.30. The SMILES string of the molecule is CCCN1C(SCC(=O)Nc2ccc(C)c(F)c2)=NS(=O)(=O)c2ccccc21. The monoisotopic (exact) mass is 421 g/mol. The van der Waals surface area contributed by atoms with Crippen molar-refractivity contribution in [1.29, 1.82) is 0 Å². The minimum atomic E-state index is -3.82. The Hall–Kier alpha value is -2.39. The summed E-state index contributed by atoms with van der Waals surface area (Å²) in [6.45, 7) is 4.19. The van der Waals surface area contributed by atoms with Crippen molar-refractivity contribution in [1.82, 2.24) is 0 Å². The average Bonchev–Trinajstić information content (AvgIpc) is 2.66. The summed E-state index contributed by atoms with van der Waals surface area (Å²) in [5.74, 6) is -0.825. The zero-order valence-electron chi connectivity index (χ0n) is 15.5. The van der Waals surface area contributed by atoms with Crippen molar-refractivity contribution in [3.63, 3.8) is 0 Å². The van der Waals surface area contributed by atoms with Crippen molar-refractivity contribution in [2.24, 2.45) is 4.40 Å². The summed E-state index contributed by atoms with van der Waals surface area (Å²) >= 11 is 1.04. The lowest BCUT2D eigenvalue weighted by molar-refractivity contribution is -0.113. The molecular formula is C19H20FN3O3S2. The molecule has 2 aromatic rings. The second-order valence-electron chi connectivity index (χ2n) is 6.27. The molecule has 0 spiro atoms. The standard InChI is InChI=1S/C19H20FN3O3S2/c1-3-10-23-16-6-4-5-7-17(16)28(25,26)22-19(23)27-12-18(24)21-14-9-8-13(2)15(20)11-14/h4-9,11H,3,10,12H2,1-2H3,(H,21,24). The van der Waals surface area contributed by atoms with Crippen LogP contribution >= 0.6 is 11.8 Å². The molecule has 1 aliphatic rings. The summed E-state index contributed by atoms with van der Waals surface area (Å²) in [6, 6.07) is 11.1. The number of nitrogens with zero attached hydrogens (tertiary/aromatic N) is 2. The number of carbonyl (C=O) groups is 1. The van der Waals surface area contributed by atoms with Crippen molar-refractivity contribution in [2.75, 3.05) is 22.5 Å². The topological polar surface area (TPSA) is 78.8 Å². The van der Waals surface area contributed by atoms with Crippen molar-refractivity contribution >= 4 is 44.2 Å². The molecule has 0 fully saturated rings. The molecule has 148 valence electrons. The van der Waals surface area contributed by atoms with Gasteiger partial charge in [-0.3, -0.25) is 4.79 Å². The second kappa shape index (κ2) is 8.32. The van der Waals surface area contributed by atoms with E-state index in [1.165, 1.54) is 12.1 Å². The molecule has 0 unspecified atom stereocenters. The van der Waals surface area contributed by atoms with Gasteiger partial charge in [0.15, 0.2) is 5.17 Å². The maximum atomic E-state index is 13.6. The van der Waals surface area contributed by atoms with Crippen LogP contribution < -0.4 is 10.2 Å². The fourth-order valence-corrected chi connectivity index (χ4v) is 5.02. The number of carbonyl (C=O) groups excluding carboxylic acids is 1. The number of sulfonamides is 1. The number of amides is 1. The molecule has 0 aromatic heterocycles. The number of para-hydroxylation sites is 1. The second-order valence-corrected chi connectivity index (χ2v) is 8.78. The Morgan fingerprint density at radius 3 is 2.71 bits per heavy atom. The van der Waals surface area contributed by atoms with Gasteiger partial charge >= 0.3 is 0 Å². The van der Waals surface area contributed by atoms with E-state index in [0.29, 0.717) is 23.5 Å². The Bertz CT molecular complexity index is 1040. The lowest BCUT2D eigenvalue weighted by Gasteiger charge is -2.29. The molecule has 9 heteroatoms. The molecule has 1 amide bonds. The number of aryl methyl sites for hydroxylation is 1. The van der Waals surface area contributed by atoms with E-state index in [9.17, 15) is 17.6 Å². The first kappa shape index (κ1) is 20.3. The van der Waals surface area contributed by atoms with Crippen LogP contribution in [0.2, 0.25) is 0 Å². The maximum absolute atomic E-state index is 13.6. The minimum absolute atomic E-state index is 0.0494. The Labute approximate surface area is 167 Å². The van der Waals surface area contributed by atoms with Gasteiger partial charge in [0.2, 0.25) is 5.91 Å². The normalized spacial score (nSPS) is 15.0. The van der Waals surface area contributed by atoms with Gasteiger partial charge < -0.3 is 10.2 Å². The number of amidine groups is 1. The molecule has 0 radical (unpaired) electrons. The molecule has 0 bridgehead atoms. The number of hydrogen-bond donors (Lipinski definition) is 1. The molecule has 1 aliphatic heterocycles. The molecule has 0 saturated heterocycles. The van der Waals surface area contributed by atoms with Crippen molar-refractivity contribution in [3.8, 4) is 0 Å². The van der Waals surface area contributed by atoms with E-state index >= 15 is 0 Å². The van der Waals surface area contributed by atoms with Crippen LogP contribution in [0.1, 0.15) is 18.9 Å². The van der Waals surface area contributed by atoms with Crippen LogP contribution in [-0.2, 0) is 14.8 Å². The molecule has 3 rings (SSSR count). The summed E-state index contributed by atoms with van der Waals surface area (Å²) in [4.78, 5) is 14.2. The third kappa shape index (κ3) is 4.36. The van der Waals surface area contributed by atoms with Crippen LogP contribution in [0.4, 0.5) is 15.8 Å². The van der Waals surface area contributed by atoms with Crippen LogP contribution in [0.3, 0.4) is 0 Å². The highest BCUT2D eigenvalue weighted by molar-refractivity contribution is 8.15. The molecule has 0 atom stereocenters. The summed E-state index contributed by atoms with van der Waals surface area (Å²) in [5.41, 5.74) is 1.40. The lowest BCUT2D eigenvalue weighted by atomic mass is 10.2. The van der Waals surface area contributed by atoms with Gasteiger partial charge in [0, 0.05) is 12.2 Å². The molecule has 0 saturated carbocycles. The molecule has 1 N–H and O–H groups in total. The predicted molar refractivity (Wildman–Crippen MR) is 111 cm³/mol. The maximum Gasteiger partial charge on any atom is 0.286 e. The number of halogens is 1. The summed E-state index contributed by atoms with van der Waals surface area (Å²) in [6.07, 6.45) is 0.781. The Morgan fingerprint density at radius 1 is 1.25 bits per heavy atom. The highest BCUT2D eigenvalue weighted by Crippen LogP contribution is 2.34. The number of hydrogen-bond acceptors (Lipinski definition) is 5. The quantitative estimate of drug-likeness (QED) is 0.795. The fraction of sp³-hybridized carbons (Fsp3) is 0.263. The predicted octanol–water partition coefficient (Wildman–Crippen LogP) is 3.78. The van der Waals surface area contributed by atoms with E-state index in [-0.39, 0.29) is 21.7 Å². The Balaban J connectivity index is 1.76. The molecule has 2 aromatic carbocycles. The van der Waals surface area contributed by atoms with Crippen LogP contribution in [0.15, 0.2) is 51.8 Å². The Kier molecular flexibility index (Phi) is 6.04. The van der Waals surface area contributed by atoms with Gasteiger partial charge in [0.25, 0.3) is 10.0 Å². The first-order valence-electron chi connectivity index (χ1n) is 8.72. The number of nitrogens with one attached hydrogen (secondary N) is 1. The lowest BCUT2D eigenvalue weighted by Crippen LogP contribution is -2.35. The van der Waals surface area contributed by atoms with Gasteiger partial charge in [-0.25, -0.2) is 4.39 Å². The van der Waals surface area contributed by atoms with Crippen LogP contribution in [0.25, 0.3) is 0 Å². The molecule has 0 aliphatic carbocycles. The van der Waals surface area contributed by atoms with Gasteiger partial charge in [-0.15, -0.1) is 4.40 Å². The van der Waals surface area contributed by atoms with Crippen LogP contribution in [0.5, 0.6) is 0 Å². The number of rotatable bonds is 5. The van der Waals surface area contributed by atoms with E-state index in [4.69, 9.17) is 0 Å². The number of benzene rings is 2. The summed E-state index contributed by atoms with van der Waals surface area (Å²) in [5, 5.41) is 2.87. The third-order valence-electron chi connectivity index (χ3n) is 4.10. The van der Waals surface area contributed by atoms with Gasteiger partial charge in [-0.1, -0.05) is 36.9 Å². The smallest absolute Gasteiger partial charge is 0.286 e. The van der Waals surface area contributed by atoms with E-state index in [1.807, 2.05) is 6.92 Å². The van der Waals surface area contributed by atoms with Gasteiger partial charge in [0.1, 0.15) is 10.7 Å². The number of thioether (sulfide) groups is 1. The van der Waals surface area contributed by atoms with Crippen molar-refractivity contribution in [2.45, 2.75) is 25.2 Å². The number of anilines is 2. The minimum Gasteiger partial charge on any atom is -0.325 e. The fourth-order valence-electron chi connectivity index (χ4n) is 2.74. The average molecular weight is 422 g/mol. The summed E-state index contributed by atoms with van der Waals surface area (Å²) < 4.78 is 42.5. The van der Waals surface area contributed by atoms with E-state index in [2.05, 4.69) is 9.71 Å². The van der Waals surface area contributed by atoms with Gasteiger partial charge in [-0.2, -0.15) is 8.42 Å². The molecule has 28 heavy (non-hydrogen) atoms. The zero-order chi connectivity index (χ0) is 20.3. The van der Waals surface area contributed by atoms with E-state index in [1.54, 1.807) is 42.2 Å². The van der Waals surface area contributed by atoms with Crippen LogP contribution in [0, 0.1) is 12.7 Å². The van der Waals surface area contributed by atoms with Crippen molar-refractivity contribution in [3.05, 3.63) is 53.8 Å². The third-order valence-corrected chi connectivity index (χ3v) is 6.50. The number of fused-ring (bicyclic) bond motifs is 1. The van der Waals surface area contributed by atoms with Crippen molar-refractivity contribution < 1.29 is 17.6 Å². The Morgan fingerprint density at radius 2 is 2.00 bits per heavy atom. The van der Waals surface area contributed by atoms with E-state index in [0.717, 1.165) is 18.2 Å². The zero-order valence-corrected chi connectivity index (χ0v) is 17.1. The first-order valence-corrected chi connectivity index (χ1v) is 11.1. The van der Waals surface area contributed by atoms with Gasteiger partial charge in [-0.05, 0) is 43.2 Å². The van der Waals surface area contributed by atoms with Crippen LogP contribution in [-0.4, -0.2) is 31.8 Å². The molecule has 6 nitrogen and oxygen atoms in total. The highest BCUT2D eigenvalue weighted by atomic mass is 32.2. The molecule has 1 heterocycles.